The van der Waals surface area contributed by atoms with Gasteiger partial charge in [-0.1, -0.05) is 175 Å². The van der Waals surface area contributed by atoms with Crippen LogP contribution in [0.2, 0.25) is 0 Å². The first-order chi connectivity index (χ1) is 54.3. The second-order valence-corrected chi connectivity index (χ2v) is 28.9. The summed E-state index contributed by atoms with van der Waals surface area (Å²) in [4.78, 5) is 148. The van der Waals surface area contributed by atoms with Crippen molar-refractivity contribution < 1.29 is 161 Å². The van der Waals surface area contributed by atoms with Crippen LogP contribution in [0.1, 0.15) is 234 Å². The van der Waals surface area contributed by atoms with Crippen LogP contribution in [0.4, 0.5) is 0 Å². The molecule has 118 heavy (non-hydrogen) atoms. The number of halogens is 3. The molecule has 0 aliphatic carbocycles. The summed E-state index contributed by atoms with van der Waals surface area (Å²) >= 11 is 17.0. The van der Waals surface area contributed by atoms with Crippen molar-refractivity contribution in [2.45, 2.75) is 209 Å². The quantitative estimate of drug-likeness (QED) is 0.00289. The van der Waals surface area contributed by atoms with Gasteiger partial charge in [-0.05, 0) is 152 Å². The number of benzene rings is 5. The topological polar surface area (TPSA) is 454 Å². The number of ether oxygens (including phenoxy) is 6. The van der Waals surface area contributed by atoms with Crippen LogP contribution in [-0.4, -0.2) is 152 Å². The van der Waals surface area contributed by atoms with Gasteiger partial charge in [0.1, 0.15) is 6.61 Å². The summed E-state index contributed by atoms with van der Waals surface area (Å²) in [5.41, 5.74) is 2.75. The number of carboxylic acids is 6. The summed E-state index contributed by atoms with van der Waals surface area (Å²) in [5, 5.41) is 63.2. The molecule has 33 heteroatoms. The zero-order chi connectivity index (χ0) is 87.5. The largest absolute Gasteiger partial charge is 1.00 e. The third-order valence-corrected chi connectivity index (χ3v) is 18.1. The molecule has 0 bridgehead atoms. The number of unbranched alkanes of at least 4 members (excludes halogenated alkanes) is 4. The molecule has 2 heterocycles. The van der Waals surface area contributed by atoms with E-state index in [1.54, 1.807) is 86.6 Å². The molecule has 2 atom stereocenters. The van der Waals surface area contributed by atoms with E-state index in [1.165, 1.54) is 78.0 Å². The Kier molecular flexibility index (Phi) is 61.5. The molecular weight excluding hydrogens is 1670 g/mol. The SMILES string of the molecule is C.CC#N.CCCCC(Cc1cccc(C(=O)O)c1)C(=O)O.CCCCC(Cc1cccc(C(=O)OC)c1)(C(=O)O)C(=O)O.CCCCC1(Cc2cccc(C(=O)OC)c2)C(=O)OC(C)(C)OC1=O.CCCCC1C(=O)OC(C)(C)OC1=O.COOCc1cccc(CBr)c1.ClCCl.O=C(O)c1cccc(CC(CCCS)C(=O)O)c1.[Na+].[OH-]. The molecule has 7 rings (SSSR count). The fraction of sp³-hybridized carbons (Fsp3) is 0.494. The van der Waals surface area contributed by atoms with Crippen LogP contribution in [0, 0.1) is 39.9 Å². The Hall–Kier alpha value is -8.48. The Bertz CT molecular complexity index is 3830. The second-order valence-electron chi connectivity index (χ2n) is 27.0. The van der Waals surface area contributed by atoms with E-state index in [-0.39, 0.29) is 83.8 Å². The second kappa shape index (κ2) is 62.6. The molecule has 5 aromatic rings. The predicted octanol–water partition coefficient (Wildman–Crippen LogP) is 14.2. The average Bonchev–Trinajstić information content (AvgIpc) is 0.760. The number of hydrogen-bond donors (Lipinski definition) is 7. The fourth-order valence-corrected chi connectivity index (χ4v) is 11.7. The van der Waals surface area contributed by atoms with E-state index in [2.05, 4.69) is 50.3 Å². The number of cyclic esters (lactones) is 4. The van der Waals surface area contributed by atoms with Gasteiger partial charge in [-0.15, -0.1) is 23.2 Å². The number of thiol groups is 1. The third-order valence-electron chi connectivity index (χ3n) is 17.1. The summed E-state index contributed by atoms with van der Waals surface area (Å²) in [6, 6.07) is 35.7. The van der Waals surface area contributed by atoms with Gasteiger partial charge in [0.2, 0.25) is 0 Å². The zero-order valence-electron chi connectivity index (χ0n) is 68.7. The molecule has 0 spiro atoms. The van der Waals surface area contributed by atoms with Crippen LogP contribution >= 0.6 is 51.8 Å². The normalized spacial score (nSPS) is 13.4. The van der Waals surface area contributed by atoms with Gasteiger partial charge in [0.05, 0.1) is 66.8 Å². The molecule has 2 saturated heterocycles. The predicted molar refractivity (Wildman–Crippen MR) is 444 cm³/mol. The first-order valence-corrected chi connectivity index (χ1v) is 39.8. The maximum atomic E-state index is 12.7. The van der Waals surface area contributed by atoms with Crippen LogP contribution in [0.5, 0.6) is 0 Å². The Morgan fingerprint density at radius 1 is 0.559 bits per heavy atom. The Balaban J connectivity index is -0.000000656. The molecule has 2 aliphatic rings. The van der Waals surface area contributed by atoms with E-state index < -0.39 is 112 Å². The van der Waals surface area contributed by atoms with Crippen LogP contribution in [-0.2, 0) is 114 Å². The standard InChI is InChI=1S/C19H24O6.C16H20O6.C14H18O4.C13H16O4S.C10H16O4.C9H11BrO2.C2H3N.CH2Cl2.CH4.Na.H2O/c1-5-6-10-19(16(21)24-18(2,3)25-17(19)22)12-13-8-7-9-14(11-13)15(20)23-4;1-3-4-8-16(14(18)19,15(20)21)10-11-6-5-7-12(9-11)13(17)22-2;1-2-3-6-11(13(15)16)8-10-5-4-7-12(9-10)14(17)18;14-12(15)10-4-1-3-9(7-10)8-11(13(16)17)5-2-6-18;1-4-5-6-7-8(11)13-10(2,3)14-9(7)12;1-11-12-7-9-4-2-3-8(5-9)6-10;1-2-3;2-1-3;;;/h7-9,11H,5-6,10,12H2,1-4H3;5-7,9H,3-4,8,10H2,1-2H3,(H,18,19)(H,20,21);4-5,7,9,11H,2-3,6,8H2,1H3,(H,15,16)(H,17,18);1,3-4,7,11,18H,2,5-6,8H2,(H,14,15)(H,16,17);7H,4-6H2,1-3H3;2-5H,6-7H2,1H3;1H3;1H2;1H4;;1H2/q;;;;;;;;;+1;/p-1. The monoisotopic (exact) mass is 1790 g/mol. The Morgan fingerprint density at radius 2 is 0.932 bits per heavy atom. The number of alkyl halides is 3. The molecule has 2 unspecified atom stereocenters. The number of aromatic carboxylic acids is 2. The van der Waals surface area contributed by atoms with E-state index in [9.17, 15) is 67.7 Å². The first-order valence-electron chi connectivity index (χ1n) is 37.0. The maximum Gasteiger partial charge on any atom is 1.00 e. The first kappa shape index (κ1) is 116. The van der Waals surface area contributed by atoms with Gasteiger partial charge >= 0.3 is 101 Å². The summed E-state index contributed by atoms with van der Waals surface area (Å²) in [6.45, 7) is 16.0. The van der Waals surface area contributed by atoms with Gasteiger partial charge in [-0.3, -0.25) is 38.4 Å². The molecular formula is C85H115BrCl2NNaO27S. The van der Waals surface area contributed by atoms with E-state index >= 15 is 0 Å². The minimum Gasteiger partial charge on any atom is -0.870 e. The summed E-state index contributed by atoms with van der Waals surface area (Å²) in [6.07, 6.45) is 9.78. The van der Waals surface area contributed by atoms with Gasteiger partial charge in [-0.25, -0.2) is 29.0 Å². The van der Waals surface area contributed by atoms with Crippen LogP contribution in [0.15, 0.2) is 121 Å². The molecule has 5 aromatic carbocycles. The van der Waals surface area contributed by atoms with Crippen molar-refractivity contribution in [1.82, 2.24) is 0 Å². The van der Waals surface area contributed by atoms with Crippen molar-refractivity contribution >= 4 is 123 Å². The number of rotatable bonds is 35. The van der Waals surface area contributed by atoms with E-state index in [4.69, 9.17) is 77.5 Å². The zero-order valence-corrected chi connectivity index (χ0v) is 74.7. The molecule has 650 valence electrons. The van der Waals surface area contributed by atoms with Crippen molar-refractivity contribution in [2.24, 2.45) is 28.6 Å². The minimum atomic E-state index is -1.88. The van der Waals surface area contributed by atoms with Gasteiger partial charge < -0.3 is 64.5 Å². The van der Waals surface area contributed by atoms with Crippen LogP contribution in [0.3, 0.4) is 0 Å². The summed E-state index contributed by atoms with van der Waals surface area (Å²) < 4.78 is 30.0. The van der Waals surface area contributed by atoms with Crippen molar-refractivity contribution in [1.29, 1.82) is 5.26 Å². The molecule has 0 saturated carbocycles. The molecule has 0 aromatic heterocycles. The Morgan fingerprint density at radius 3 is 1.32 bits per heavy atom. The number of hydrogen-bond acceptors (Lipinski definition) is 23. The molecule has 28 nitrogen and oxygen atoms in total. The smallest absolute Gasteiger partial charge is 0.870 e. The molecule has 0 radical (unpaired) electrons. The fourth-order valence-electron chi connectivity index (χ4n) is 11.2. The van der Waals surface area contributed by atoms with E-state index in [0.717, 1.165) is 60.5 Å². The summed E-state index contributed by atoms with van der Waals surface area (Å²) in [7, 11) is 4.05. The number of nitriles is 1. The number of carboxylic acid groups (broad SMARTS) is 6. The van der Waals surface area contributed by atoms with Gasteiger partial charge in [0.25, 0.3) is 11.6 Å². The number of methoxy groups -OCH3 is 2. The van der Waals surface area contributed by atoms with E-state index in [1.807, 2.05) is 39.8 Å². The van der Waals surface area contributed by atoms with Gasteiger partial charge in [0.15, 0.2) is 16.7 Å². The molecule has 2 fully saturated rings. The number of aliphatic carboxylic acids is 4. The minimum absolute atomic E-state index is 0. The number of nitrogens with zero attached hydrogens (tertiary/aromatic N) is 1. The maximum absolute atomic E-state index is 12.7. The average molecular weight is 1790 g/mol. The Labute approximate surface area is 737 Å². The van der Waals surface area contributed by atoms with Crippen molar-refractivity contribution in [3.05, 3.63) is 177 Å². The van der Waals surface area contributed by atoms with Crippen molar-refractivity contribution in [3.63, 3.8) is 0 Å². The van der Waals surface area contributed by atoms with Gasteiger partial charge in [0, 0.05) is 39.9 Å². The summed E-state index contributed by atoms with van der Waals surface area (Å²) in [5.74, 6) is -12.8. The number of carbonyl (C=O) groups excluding carboxylic acids is 6. The van der Waals surface area contributed by atoms with Crippen molar-refractivity contribution in [3.8, 4) is 6.07 Å². The molecule has 2 aliphatic heterocycles. The van der Waals surface area contributed by atoms with Gasteiger partial charge in [-0.2, -0.15) is 17.9 Å². The van der Waals surface area contributed by atoms with Crippen molar-refractivity contribution in [2.75, 3.05) is 32.4 Å². The molecule has 0 amide bonds. The third kappa shape index (κ3) is 43.5. The van der Waals surface area contributed by atoms with Crippen LogP contribution < -0.4 is 29.6 Å². The number of carbonyl (C=O) groups is 12. The number of esters is 6. The van der Waals surface area contributed by atoms with E-state index in [0.29, 0.717) is 86.8 Å². The van der Waals surface area contributed by atoms with Crippen LogP contribution in [0.25, 0.3) is 0 Å². The molecule has 7 N–H and O–H groups in total.